The first-order valence-corrected chi connectivity index (χ1v) is 6.77. The molecule has 100 valence electrons. The van der Waals surface area contributed by atoms with Gasteiger partial charge in [0.2, 0.25) is 0 Å². The van der Waals surface area contributed by atoms with E-state index >= 15 is 0 Å². The molecule has 0 aliphatic heterocycles. The van der Waals surface area contributed by atoms with E-state index in [9.17, 15) is 14.7 Å². The summed E-state index contributed by atoms with van der Waals surface area (Å²) >= 11 is 2.11. The molecule has 0 radical (unpaired) electrons. The van der Waals surface area contributed by atoms with Crippen LogP contribution in [0.15, 0.2) is 23.5 Å². The predicted octanol–water partition coefficient (Wildman–Crippen LogP) is 2.72. The molecule has 0 heterocycles. The second-order valence-electron chi connectivity index (χ2n) is 4.81. The van der Waals surface area contributed by atoms with Crippen molar-refractivity contribution < 1.29 is 19.4 Å². The number of hydrogen-bond donors (Lipinski definition) is 1. The molecule has 0 bridgehead atoms. The SMILES string of the molecule is CC(=O)OC1C=C(O)C(C(=O)C(C)C)=CC1(C)I. The average molecular weight is 364 g/mol. The first-order chi connectivity index (χ1) is 8.15. The summed E-state index contributed by atoms with van der Waals surface area (Å²) in [4.78, 5) is 23.0. The van der Waals surface area contributed by atoms with Crippen LogP contribution in [0, 0.1) is 5.92 Å². The minimum absolute atomic E-state index is 0.117. The van der Waals surface area contributed by atoms with E-state index in [2.05, 4.69) is 22.6 Å². The van der Waals surface area contributed by atoms with Gasteiger partial charge >= 0.3 is 5.97 Å². The van der Waals surface area contributed by atoms with Crippen LogP contribution in [0.1, 0.15) is 27.7 Å². The zero-order chi connectivity index (χ0) is 14.1. The normalized spacial score (nSPS) is 27.6. The van der Waals surface area contributed by atoms with Gasteiger partial charge in [0.05, 0.1) is 8.99 Å². The highest BCUT2D eigenvalue weighted by Gasteiger charge is 2.37. The molecule has 5 heteroatoms. The smallest absolute Gasteiger partial charge is 0.303 e. The average Bonchev–Trinajstić information content (AvgIpc) is 2.21. The van der Waals surface area contributed by atoms with Crippen molar-refractivity contribution in [1.82, 2.24) is 0 Å². The lowest BCUT2D eigenvalue weighted by Crippen LogP contribution is -2.37. The molecule has 1 aliphatic rings. The third-order valence-electron chi connectivity index (χ3n) is 2.65. The minimum atomic E-state index is -0.570. The monoisotopic (exact) mass is 364 g/mol. The van der Waals surface area contributed by atoms with Crippen molar-refractivity contribution in [2.75, 3.05) is 0 Å². The first kappa shape index (κ1) is 15.2. The summed E-state index contributed by atoms with van der Waals surface area (Å²) < 4.78 is 4.58. The molecule has 2 unspecified atom stereocenters. The van der Waals surface area contributed by atoms with Gasteiger partial charge in [-0.2, -0.15) is 0 Å². The molecule has 0 aromatic carbocycles. The van der Waals surface area contributed by atoms with Crippen LogP contribution < -0.4 is 0 Å². The van der Waals surface area contributed by atoms with Gasteiger partial charge in [-0.1, -0.05) is 42.5 Å². The third-order valence-corrected chi connectivity index (χ3v) is 3.58. The Kier molecular flexibility index (Phi) is 4.58. The number of alkyl halides is 1. The van der Waals surface area contributed by atoms with E-state index < -0.39 is 15.5 Å². The van der Waals surface area contributed by atoms with Gasteiger partial charge < -0.3 is 9.84 Å². The molecule has 4 nitrogen and oxygen atoms in total. The lowest BCUT2D eigenvalue weighted by atomic mass is 9.88. The highest BCUT2D eigenvalue weighted by Crippen LogP contribution is 2.35. The lowest BCUT2D eigenvalue weighted by Gasteiger charge is -2.31. The van der Waals surface area contributed by atoms with E-state index in [0.717, 1.165) is 0 Å². The van der Waals surface area contributed by atoms with E-state index in [0.29, 0.717) is 5.57 Å². The second-order valence-corrected chi connectivity index (χ2v) is 7.13. The first-order valence-electron chi connectivity index (χ1n) is 5.69. The molecule has 1 N–H and O–H groups in total. The predicted molar refractivity (Wildman–Crippen MR) is 76.6 cm³/mol. The number of aliphatic hydroxyl groups excluding tert-OH is 1. The maximum absolute atomic E-state index is 11.9. The zero-order valence-electron chi connectivity index (χ0n) is 10.9. The number of carbonyl (C=O) groups is 2. The van der Waals surface area contributed by atoms with Crippen molar-refractivity contribution in [2.45, 2.75) is 37.2 Å². The van der Waals surface area contributed by atoms with Crippen molar-refractivity contribution in [1.29, 1.82) is 0 Å². The fourth-order valence-electron chi connectivity index (χ4n) is 1.67. The van der Waals surface area contributed by atoms with Gasteiger partial charge in [0.15, 0.2) is 5.78 Å². The van der Waals surface area contributed by atoms with Crippen LogP contribution in [0.2, 0.25) is 0 Å². The molecule has 2 atom stereocenters. The fraction of sp³-hybridized carbons (Fsp3) is 0.538. The highest BCUT2D eigenvalue weighted by molar-refractivity contribution is 14.1. The third kappa shape index (κ3) is 3.34. The molecule has 18 heavy (non-hydrogen) atoms. The molecular formula is C13H17IO4. The maximum Gasteiger partial charge on any atom is 0.303 e. The Labute approximate surface area is 120 Å². The van der Waals surface area contributed by atoms with Gasteiger partial charge in [-0.25, -0.2) is 0 Å². The van der Waals surface area contributed by atoms with Gasteiger partial charge in [-0.3, -0.25) is 9.59 Å². The van der Waals surface area contributed by atoms with Gasteiger partial charge in [0.25, 0.3) is 0 Å². The number of Topliss-reactive ketones (excluding diaryl/α,β-unsaturated/α-hetero) is 1. The number of ether oxygens (including phenoxy) is 1. The number of carbonyl (C=O) groups excluding carboxylic acids is 2. The number of aliphatic hydroxyl groups is 1. The molecule has 0 amide bonds. The Bertz CT molecular complexity index is 432. The summed E-state index contributed by atoms with van der Waals surface area (Å²) in [5, 5.41) is 9.88. The van der Waals surface area contributed by atoms with Crippen molar-refractivity contribution in [3.05, 3.63) is 23.5 Å². The number of halogens is 1. The minimum Gasteiger partial charge on any atom is -0.507 e. The van der Waals surface area contributed by atoms with Crippen LogP contribution in [0.25, 0.3) is 0 Å². The van der Waals surface area contributed by atoms with Crippen LogP contribution in [0.3, 0.4) is 0 Å². The van der Waals surface area contributed by atoms with Crippen molar-refractivity contribution in [3.63, 3.8) is 0 Å². The summed E-state index contributed by atoms with van der Waals surface area (Å²) in [5.41, 5.74) is 0.297. The molecule has 0 aromatic heterocycles. The number of esters is 1. The van der Waals surface area contributed by atoms with E-state index in [1.54, 1.807) is 19.9 Å². The second kappa shape index (κ2) is 5.42. The molecule has 0 saturated heterocycles. The number of hydrogen-bond acceptors (Lipinski definition) is 4. The van der Waals surface area contributed by atoms with Crippen LogP contribution in [0.5, 0.6) is 0 Å². The number of rotatable bonds is 3. The lowest BCUT2D eigenvalue weighted by molar-refractivity contribution is -0.144. The Hall–Kier alpha value is -0.850. The van der Waals surface area contributed by atoms with Gasteiger partial charge in [0.1, 0.15) is 11.9 Å². The van der Waals surface area contributed by atoms with Gasteiger partial charge in [-0.05, 0) is 6.92 Å². The summed E-state index contributed by atoms with van der Waals surface area (Å²) in [6, 6.07) is 0. The Balaban J connectivity index is 3.08. The van der Waals surface area contributed by atoms with E-state index in [1.165, 1.54) is 13.0 Å². The summed E-state index contributed by atoms with van der Waals surface area (Å²) in [7, 11) is 0. The van der Waals surface area contributed by atoms with E-state index in [-0.39, 0.29) is 17.5 Å². The summed E-state index contributed by atoms with van der Waals surface area (Å²) in [6.07, 6.45) is 2.52. The number of allylic oxidation sites excluding steroid dienone is 1. The molecule has 1 rings (SSSR count). The van der Waals surface area contributed by atoms with Crippen LogP contribution in [-0.4, -0.2) is 26.4 Å². The summed E-state index contributed by atoms with van der Waals surface area (Å²) in [5.74, 6) is -0.842. The zero-order valence-corrected chi connectivity index (χ0v) is 13.0. The van der Waals surface area contributed by atoms with Crippen LogP contribution in [0.4, 0.5) is 0 Å². The molecule has 0 saturated carbocycles. The Morgan fingerprint density at radius 2 is 2.06 bits per heavy atom. The van der Waals surface area contributed by atoms with Crippen LogP contribution >= 0.6 is 22.6 Å². The molecule has 0 spiro atoms. The quantitative estimate of drug-likeness (QED) is 0.475. The van der Waals surface area contributed by atoms with Crippen LogP contribution in [-0.2, 0) is 14.3 Å². The summed E-state index contributed by atoms with van der Waals surface area (Å²) in [6.45, 7) is 6.71. The van der Waals surface area contributed by atoms with E-state index in [1.807, 2.05) is 6.92 Å². The standard InChI is InChI=1S/C13H17IO4/c1-7(2)12(17)9-6-13(4,14)11(5-10(9)16)18-8(3)15/h5-7,11,16H,1-4H3. The van der Waals surface area contributed by atoms with Crippen molar-refractivity contribution in [3.8, 4) is 0 Å². The largest absolute Gasteiger partial charge is 0.507 e. The molecule has 1 aliphatic carbocycles. The topological polar surface area (TPSA) is 63.6 Å². The molecule has 0 aromatic rings. The van der Waals surface area contributed by atoms with Gasteiger partial charge in [-0.15, -0.1) is 0 Å². The Morgan fingerprint density at radius 1 is 1.50 bits per heavy atom. The highest BCUT2D eigenvalue weighted by atomic mass is 127. The van der Waals surface area contributed by atoms with Crippen molar-refractivity contribution in [2.24, 2.45) is 5.92 Å². The van der Waals surface area contributed by atoms with E-state index in [4.69, 9.17) is 4.74 Å². The van der Waals surface area contributed by atoms with Crippen molar-refractivity contribution >= 4 is 34.3 Å². The molecule has 0 fully saturated rings. The maximum atomic E-state index is 11.9. The fourth-order valence-corrected chi connectivity index (χ4v) is 2.29. The molecular weight excluding hydrogens is 347 g/mol. The van der Waals surface area contributed by atoms with Gasteiger partial charge in [0, 0.05) is 18.9 Å². The Morgan fingerprint density at radius 3 is 2.50 bits per heavy atom. The number of ketones is 1.